The highest BCUT2D eigenvalue weighted by molar-refractivity contribution is 9.10. The molecule has 2 rings (SSSR count). The summed E-state index contributed by atoms with van der Waals surface area (Å²) in [6.07, 6.45) is 1.55. The second kappa shape index (κ2) is 6.91. The Kier molecular flexibility index (Phi) is 5.20. The van der Waals surface area contributed by atoms with E-state index in [0.29, 0.717) is 16.6 Å². The molecule has 1 heterocycles. The maximum atomic E-state index is 12.5. The number of carbonyl (C=O) groups excluding carboxylic acids is 1. The molecule has 6 heteroatoms. The van der Waals surface area contributed by atoms with Crippen LogP contribution >= 0.6 is 27.5 Å². The van der Waals surface area contributed by atoms with Crippen molar-refractivity contribution in [3.63, 3.8) is 0 Å². The number of ether oxygens (including phenoxy) is 1. The van der Waals surface area contributed by atoms with E-state index in [9.17, 15) is 4.79 Å². The van der Waals surface area contributed by atoms with E-state index < -0.39 is 0 Å². The van der Waals surface area contributed by atoms with Crippen molar-refractivity contribution in [2.45, 2.75) is 6.54 Å². The number of hydrogen-bond donors (Lipinski definition) is 0. The average molecular weight is 370 g/mol. The summed E-state index contributed by atoms with van der Waals surface area (Å²) < 4.78 is 6.00. The summed E-state index contributed by atoms with van der Waals surface area (Å²) in [4.78, 5) is 18.0. The molecule has 1 aromatic heterocycles. The van der Waals surface area contributed by atoms with Crippen molar-refractivity contribution in [2.75, 3.05) is 14.2 Å². The minimum atomic E-state index is -0.195. The SMILES string of the molecule is COc1ccccc1CN(C)C(=O)c1cc(Br)cnc1Cl. The molecule has 0 atom stereocenters. The van der Waals surface area contributed by atoms with Crippen molar-refractivity contribution < 1.29 is 9.53 Å². The van der Waals surface area contributed by atoms with Crippen molar-refractivity contribution in [3.05, 3.63) is 57.3 Å². The molecule has 1 aromatic carbocycles. The zero-order chi connectivity index (χ0) is 15.4. The molecule has 2 aromatic rings. The second-order valence-electron chi connectivity index (χ2n) is 4.46. The molecule has 0 radical (unpaired) electrons. The zero-order valence-electron chi connectivity index (χ0n) is 11.6. The monoisotopic (exact) mass is 368 g/mol. The van der Waals surface area contributed by atoms with E-state index in [1.807, 2.05) is 24.3 Å². The quantitative estimate of drug-likeness (QED) is 0.770. The molecular formula is C15H14BrClN2O2. The van der Waals surface area contributed by atoms with Gasteiger partial charge in [-0.05, 0) is 28.1 Å². The number of nitrogens with zero attached hydrogens (tertiary/aromatic N) is 2. The lowest BCUT2D eigenvalue weighted by Crippen LogP contribution is -2.26. The van der Waals surface area contributed by atoms with Gasteiger partial charge < -0.3 is 9.64 Å². The fraction of sp³-hybridized carbons (Fsp3) is 0.200. The summed E-state index contributed by atoms with van der Waals surface area (Å²) >= 11 is 9.28. The van der Waals surface area contributed by atoms with Crippen LogP contribution in [0.25, 0.3) is 0 Å². The highest BCUT2D eigenvalue weighted by Gasteiger charge is 2.17. The Labute approximate surface area is 136 Å². The summed E-state index contributed by atoms with van der Waals surface area (Å²) in [7, 11) is 3.32. The highest BCUT2D eigenvalue weighted by atomic mass is 79.9. The van der Waals surface area contributed by atoms with E-state index in [4.69, 9.17) is 16.3 Å². The van der Waals surface area contributed by atoms with Gasteiger partial charge in [-0.3, -0.25) is 4.79 Å². The first-order valence-electron chi connectivity index (χ1n) is 6.21. The Morgan fingerprint density at radius 2 is 2.14 bits per heavy atom. The van der Waals surface area contributed by atoms with Crippen molar-refractivity contribution in [1.29, 1.82) is 0 Å². The van der Waals surface area contributed by atoms with Crippen molar-refractivity contribution >= 4 is 33.4 Å². The van der Waals surface area contributed by atoms with Gasteiger partial charge in [0.05, 0.1) is 12.7 Å². The molecule has 0 aliphatic rings. The molecule has 1 amide bonds. The standard InChI is InChI=1S/C15H14BrClN2O2/c1-19(9-10-5-3-4-6-13(10)21-2)15(20)12-7-11(16)8-18-14(12)17/h3-8H,9H2,1-2H3. The van der Waals surface area contributed by atoms with Crippen LogP contribution in [0.4, 0.5) is 0 Å². The number of carbonyl (C=O) groups is 1. The summed E-state index contributed by atoms with van der Waals surface area (Å²) in [6.45, 7) is 0.422. The van der Waals surface area contributed by atoms with Gasteiger partial charge in [0.2, 0.25) is 0 Å². The molecule has 110 valence electrons. The third-order valence-electron chi connectivity index (χ3n) is 2.98. The Hall–Kier alpha value is -1.59. The number of aromatic nitrogens is 1. The Morgan fingerprint density at radius 1 is 1.43 bits per heavy atom. The van der Waals surface area contributed by atoms with Crippen LogP contribution in [0.1, 0.15) is 15.9 Å². The van der Waals surface area contributed by atoms with Crippen LogP contribution in [0.2, 0.25) is 5.15 Å². The van der Waals surface area contributed by atoms with Crippen LogP contribution in [0.3, 0.4) is 0 Å². The smallest absolute Gasteiger partial charge is 0.257 e. The van der Waals surface area contributed by atoms with Gasteiger partial charge in [0.25, 0.3) is 5.91 Å². The summed E-state index contributed by atoms with van der Waals surface area (Å²) in [5.41, 5.74) is 1.29. The number of para-hydroxylation sites is 1. The summed E-state index contributed by atoms with van der Waals surface area (Å²) in [5.74, 6) is 0.551. The van der Waals surface area contributed by atoms with Gasteiger partial charge in [-0.1, -0.05) is 29.8 Å². The Balaban J connectivity index is 2.22. The predicted octanol–water partition coefficient (Wildman–Crippen LogP) is 3.78. The number of methoxy groups -OCH3 is 1. The van der Waals surface area contributed by atoms with Gasteiger partial charge >= 0.3 is 0 Å². The number of amides is 1. The lowest BCUT2D eigenvalue weighted by Gasteiger charge is -2.19. The van der Waals surface area contributed by atoms with Gasteiger partial charge in [-0.2, -0.15) is 0 Å². The molecular weight excluding hydrogens is 356 g/mol. The van der Waals surface area contributed by atoms with E-state index >= 15 is 0 Å². The van der Waals surface area contributed by atoms with Gasteiger partial charge in [0.1, 0.15) is 10.9 Å². The van der Waals surface area contributed by atoms with E-state index in [2.05, 4.69) is 20.9 Å². The van der Waals surface area contributed by atoms with Gasteiger partial charge in [-0.25, -0.2) is 4.98 Å². The van der Waals surface area contributed by atoms with Gasteiger partial charge in [0, 0.05) is 29.8 Å². The maximum absolute atomic E-state index is 12.5. The van der Waals surface area contributed by atoms with Crippen LogP contribution in [-0.4, -0.2) is 29.9 Å². The molecule has 0 saturated heterocycles. The Bertz CT molecular complexity index is 664. The van der Waals surface area contributed by atoms with Crippen LogP contribution < -0.4 is 4.74 Å². The fourth-order valence-corrected chi connectivity index (χ4v) is 2.45. The van der Waals surface area contributed by atoms with E-state index in [1.165, 1.54) is 0 Å². The molecule has 0 aliphatic carbocycles. The topological polar surface area (TPSA) is 42.4 Å². The second-order valence-corrected chi connectivity index (χ2v) is 5.74. The third-order valence-corrected chi connectivity index (χ3v) is 3.72. The first-order chi connectivity index (χ1) is 10.0. The predicted molar refractivity (Wildman–Crippen MR) is 85.7 cm³/mol. The largest absolute Gasteiger partial charge is 0.496 e. The van der Waals surface area contributed by atoms with Crippen LogP contribution in [0.5, 0.6) is 5.75 Å². The number of hydrogen-bond acceptors (Lipinski definition) is 3. The molecule has 0 spiro atoms. The molecule has 0 fully saturated rings. The van der Waals surface area contributed by atoms with Gasteiger partial charge in [-0.15, -0.1) is 0 Å². The minimum absolute atomic E-state index is 0.190. The maximum Gasteiger partial charge on any atom is 0.257 e. The number of halogens is 2. The lowest BCUT2D eigenvalue weighted by atomic mass is 10.1. The summed E-state index contributed by atoms with van der Waals surface area (Å²) in [5, 5.41) is 0.190. The minimum Gasteiger partial charge on any atom is -0.496 e. The van der Waals surface area contributed by atoms with E-state index in [1.54, 1.807) is 31.3 Å². The molecule has 0 unspecified atom stereocenters. The van der Waals surface area contributed by atoms with Crippen molar-refractivity contribution in [2.24, 2.45) is 0 Å². The lowest BCUT2D eigenvalue weighted by molar-refractivity contribution is 0.0784. The van der Waals surface area contributed by atoms with Gasteiger partial charge in [0.15, 0.2) is 0 Å². The van der Waals surface area contributed by atoms with Crippen molar-refractivity contribution in [3.8, 4) is 5.75 Å². The van der Waals surface area contributed by atoms with Crippen LogP contribution in [-0.2, 0) is 6.54 Å². The highest BCUT2D eigenvalue weighted by Crippen LogP contribution is 2.22. The molecule has 0 saturated carbocycles. The fourth-order valence-electron chi connectivity index (χ4n) is 1.94. The summed E-state index contributed by atoms with van der Waals surface area (Å²) in [6, 6.07) is 9.24. The molecule has 21 heavy (non-hydrogen) atoms. The first kappa shape index (κ1) is 15.8. The number of rotatable bonds is 4. The van der Waals surface area contributed by atoms with Crippen LogP contribution in [0, 0.1) is 0 Å². The van der Waals surface area contributed by atoms with E-state index in [0.717, 1.165) is 11.3 Å². The van der Waals surface area contributed by atoms with E-state index in [-0.39, 0.29) is 11.1 Å². The van der Waals surface area contributed by atoms with Crippen molar-refractivity contribution in [1.82, 2.24) is 9.88 Å². The Morgan fingerprint density at radius 3 is 2.86 bits per heavy atom. The molecule has 0 N–H and O–H groups in total. The van der Waals surface area contributed by atoms with Crippen LogP contribution in [0.15, 0.2) is 41.0 Å². The zero-order valence-corrected chi connectivity index (χ0v) is 14.0. The number of pyridine rings is 1. The number of benzene rings is 1. The normalized spacial score (nSPS) is 10.3. The first-order valence-corrected chi connectivity index (χ1v) is 7.38. The third kappa shape index (κ3) is 3.74. The molecule has 0 aliphatic heterocycles. The molecule has 0 bridgehead atoms. The average Bonchev–Trinajstić information content (AvgIpc) is 2.49. The molecule has 4 nitrogen and oxygen atoms in total.